The molecule has 2 rings (SSSR count). The number of hydrogen-bond donors (Lipinski definition) is 1. The number of carboxylic acids is 1. The first-order valence-corrected chi connectivity index (χ1v) is 6.00. The number of ether oxygens (including phenoxy) is 1. The Hall–Kier alpha value is -2.62. The second-order valence-electron chi connectivity index (χ2n) is 4.26. The van der Waals surface area contributed by atoms with Gasteiger partial charge in [-0.25, -0.2) is 9.18 Å². The molecule has 0 saturated heterocycles. The highest BCUT2D eigenvalue weighted by Crippen LogP contribution is 2.24. The minimum absolute atomic E-state index is 0.282. The van der Waals surface area contributed by atoms with Crippen LogP contribution in [-0.2, 0) is 4.79 Å². The largest absolute Gasteiger partial charge is 0.478 e. The van der Waals surface area contributed by atoms with Gasteiger partial charge in [-0.15, -0.1) is 0 Å². The van der Waals surface area contributed by atoms with Crippen LogP contribution in [0.1, 0.15) is 11.1 Å². The van der Waals surface area contributed by atoms with E-state index < -0.39 is 5.97 Å². The first-order chi connectivity index (χ1) is 9.54. The average Bonchev–Trinajstić information content (AvgIpc) is 2.41. The number of benzene rings is 2. The Balaban J connectivity index is 2.19. The molecule has 3 nitrogen and oxygen atoms in total. The van der Waals surface area contributed by atoms with Crippen LogP contribution >= 0.6 is 0 Å². The molecule has 2 aromatic rings. The maximum atomic E-state index is 13.2. The summed E-state index contributed by atoms with van der Waals surface area (Å²) in [5.74, 6) is -0.201. The van der Waals surface area contributed by atoms with E-state index in [1.165, 1.54) is 12.1 Å². The standard InChI is InChI=1S/C16H13FO3/c1-11-9-14(6-7-15(11)17)20-13-4-2-3-12(10-13)5-8-16(18)19/h2-10H,1H3,(H,18,19)/b8-5+. The maximum absolute atomic E-state index is 13.2. The Morgan fingerprint density at radius 2 is 1.95 bits per heavy atom. The Morgan fingerprint density at radius 3 is 2.65 bits per heavy atom. The van der Waals surface area contributed by atoms with Crippen LogP contribution in [0.15, 0.2) is 48.5 Å². The molecular weight excluding hydrogens is 259 g/mol. The summed E-state index contributed by atoms with van der Waals surface area (Å²) in [6.45, 7) is 1.66. The Labute approximate surface area is 115 Å². The summed E-state index contributed by atoms with van der Waals surface area (Å²) in [7, 11) is 0. The summed E-state index contributed by atoms with van der Waals surface area (Å²) in [6.07, 6.45) is 2.53. The van der Waals surface area contributed by atoms with Crippen molar-refractivity contribution in [2.75, 3.05) is 0 Å². The third-order valence-electron chi connectivity index (χ3n) is 2.64. The van der Waals surface area contributed by atoms with Crippen LogP contribution in [0.5, 0.6) is 11.5 Å². The van der Waals surface area contributed by atoms with Gasteiger partial charge in [0, 0.05) is 6.08 Å². The number of carbonyl (C=O) groups is 1. The topological polar surface area (TPSA) is 46.5 Å². The second kappa shape index (κ2) is 6.02. The number of carboxylic acid groups (broad SMARTS) is 1. The zero-order valence-electron chi connectivity index (χ0n) is 10.8. The summed E-state index contributed by atoms with van der Waals surface area (Å²) < 4.78 is 18.8. The van der Waals surface area contributed by atoms with Gasteiger partial charge in [0.15, 0.2) is 0 Å². The fourth-order valence-electron chi connectivity index (χ4n) is 1.67. The molecule has 102 valence electrons. The molecule has 0 aromatic heterocycles. The highest BCUT2D eigenvalue weighted by atomic mass is 19.1. The van der Waals surface area contributed by atoms with Crippen LogP contribution in [0.4, 0.5) is 4.39 Å². The van der Waals surface area contributed by atoms with Crippen molar-refractivity contribution in [1.29, 1.82) is 0 Å². The minimum atomic E-state index is -1.01. The van der Waals surface area contributed by atoms with Gasteiger partial charge < -0.3 is 9.84 Å². The maximum Gasteiger partial charge on any atom is 0.328 e. The molecule has 0 radical (unpaired) electrons. The quantitative estimate of drug-likeness (QED) is 0.855. The summed E-state index contributed by atoms with van der Waals surface area (Å²) >= 11 is 0. The van der Waals surface area contributed by atoms with Crippen molar-refractivity contribution in [3.05, 3.63) is 65.5 Å². The van der Waals surface area contributed by atoms with E-state index in [9.17, 15) is 9.18 Å². The minimum Gasteiger partial charge on any atom is -0.478 e. The molecule has 2 aromatic carbocycles. The van der Waals surface area contributed by atoms with E-state index in [2.05, 4.69) is 0 Å². The van der Waals surface area contributed by atoms with E-state index in [0.29, 0.717) is 22.6 Å². The molecule has 0 aliphatic rings. The zero-order valence-corrected chi connectivity index (χ0v) is 10.8. The Bertz CT molecular complexity index is 663. The monoisotopic (exact) mass is 272 g/mol. The number of rotatable bonds is 4. The van der Waals surface area contributed by atoms with Crippen LogP contribution in [0.2, 0.25) is 0 Å². The average molecular weight is 272 g/mol. The van der Waals surface area contributed by atoms with E-state index >= 15 is 0 Å². The SMILES string of the molecule is Cc1cc(Oc2cccc(/C=C/C(=O)O)c2)ccc1F. The Kier molecular flexibility index (Phi) is 4.15. The summed E-state index contributed by atoms with van der Waals surface area (Å²) in [5, 5.41) is 8.58. The van der Waals surface area contributed by atoms with Crippen molar-refractivity contribution in [3.8, 4) is 11.5 Å². The molecule has 0 unspecified atom stereocenters. The van der Waals surface area contributed by atoms with Crippen LogP contribution in [-0.4, -0.2) is 11.1 Å². The molecule has 0 bridgehead atoms. The van der Waals surface area contributed by atoms with Gasteiger partial charge in [0.05, 0.1) is 0 Å². The van der Waals surface area contributed by atoms with E-state index in [0.717, 1.165) is 6.08 Å². The van der Waals surface area contributed by atoms with Crippen molar-refractivity contribution in [3.63, 3.8) is 0 Å². The molecule has 0 fully saturated rings. The molecular formula is C16H13FO3. The Morgan fingerprint density at radius 1 is 1.20 bits per heavy atom. The van der Waals surface area contributed by atoms with Crippen molar-refractivity contribution >= 4 is 12.0 Å². The van der Waals surface area contributed by atoms with Gasteiger partial charge in [0.1, 0.15) is 17.3 Å². The molecule has 0 aliphatic heterocycles. The van der Waals surface area contributed by atoms with Gasteiger partial charge in [0.2, 0.25) is 0 Å². The lowest BCUT2D eigenvalue weighted by molar-refractivity contribution is -0.131. The number of hydrogen-bond acceptors (Lipinski definition) is 2. The molecule has 1 N–H and O–H groups in total. The summed E-state index contributed by atoms with van der Waals surface area (Å²) in [6, 6.07) is 11.5. The molecule has 0 spiro atoms. The fraction of sp³-hybridized carbons (Fsp3) is 0.0625. The highest BCUT2D eigenvalue weighted by Gasteiger charge is 2.02. The van der Waals surface area contributed by atoms with Crippen molar-refractivity contribution in [2.24, 2.45) is 0 Å². The summed E-state index contributed by atoms with van der Waals surface area (Å²) in [4.78, 5) is 10.5. The van der Waals surface area contributed by atoms with Gasteiger partial charge in [-0.05, 0) is 54.5 Å². The van der Waals surface area contributed by atoms with Gasteiger partial charge in [0.25, 0.3) is 0 Å². The van der Waals surface area contributed by atoms with Crippen LogP contribution in [0.25, 0.3) is 6.08 Å². The number of aliphatic carboxylic acids is 1. The lowest BCUT2D eigenvalue weighted by atomic mass is 10.2. The van der Waals surface area contributed by atoms with Crippen LogP contribution in [0, 0.1) is 12.7 Å². The molecule has 0 amide bonds. The third kappa shape index (κ3) is 3.68. The molecule has 0 atom stereocenters. The lowest BCUT2D eigenvalue weighted by Crippen LogP contribution is -1.88. The normalized spacial score (nSPS) is 10.7. The summed E-state index contributed by atoms with van der Waals surface area (Å²) in [5.41, 5.74) is 1.22. The molecule has 0 saturated carbocycles. The van der Waals surface area contributed by atoms with E-state index in [4.69, 9.17) is 9.84 Å². The lowest BCUT2D eigenvalue weighted by Gasteiger charge is -2.07. The number of halogens is 1. The van der Waals surface area contributed by atoms with E-state index in [-0.39, 0.29) is 5.82 Å². The van der Waals surface area contributed by atoms with E-state index in [1.807, 2.05) is 0 Å². The van der Waals surface area contributed by atoms with Crippen molar-refractivity contribution in [1.82, 2.24) is 0 Å². The van der Waals surface area contributed by atoms with Crippen molar-refractivity contribution in [2.45, 2.75) is 6.92 Å². The first kappa shape index (κ1) is 13.8. The van der Waals surface area contributed by atoms with E-state index in [1.54, 1.807) is 43.3 Å². The van der Waals surface area contributed by atoms with Gasteiger partial charge in [-0.3, -0.25) is 0 Å². The van der Waals surface area contributed by atoms with Crippen molar-refractivity contribution < 1.29 is 19.0 Å². The predicted octanol–water partition coefficient (Wildman–Crippen LogP) is 4.02. The highest BCUT2D eigenvalue weighted by molar-refractivity contribution is 5.85. The molecule has 0 aliphatic carbocycles. The number of aryl methyl sites for hydroxylation is 1. The fourth-order valence-corrected chi connectivity index (χ4v) is 1.67. The van der Waals surface area contributed by atoms with Gasteiger partial charge in [-0.2, -0.15) is 0 Å². The molecule has 20 heavy (non-hydrogen) atoms. The van der Waals surface area contributed by atoms with Gasteiger partial charge in [-0.1, -0.05) is 12.1 Å². The van der Waals surface area contributed by atoms with Crippen LogP contribution in [0.3, 0.4) is 0 Å². The first-order valence-electron chi connectivity index (χ1n) is 6.00. The van der Waals surface area contributed by atoms with Gasteiger partial charge >= 0.3 is 5.97 Å². The predicted molar refractivity (Wildman–Crippen MR) is 74.3 cm³/mol. The molecule has 0 heterocycles. The second-order valence-corrected chi connectivity index (χ2v) is 4.26. The van der Waals surface area contributed by atoms with Crippen LogP contribution < -0.4 is 4.74 Å². The zero-order chi connectivity index (χ0) is 14.5. The smallest absolute Gasteiger partial charge is 0.328 e. The third-order valence-corrected chi connectivity index (χ3v) is 2.64. The molecule has 4 heteroatoms.